The van der Waals surface area contributed by atoms with Crippen molar-refractivity contribution in [2.24, 2.45) is 5.92 Å². The fourth-order valence-electron chi connectivity index (χ4n) is 3.65. The highest BCUT2D eigenvalue weighted by atomic mass is 16.3. The average molecular weight is 341 g/mol. The third-order valence-electron chi connectivity index (χ3n) is 5.04. The molecule has 0 unspecified atom stereocenters. The molecule has 0 aliphatic carbocycles. The van der Waals surface area contributed by atoms with Gasteiger partial charge in [0.15, 0.2) is 0 Å². The highest BCUT2D eigenvalue weighted by Gasteiger charge is 2.30. The van der Waals surface area contributed by atoms with Gasteiger partial charge in [-0.3, -0.25) is 9.48 Å². The molecule has 134 valence electrons. The van der Waals surface area contributed by atoms with Crippen LogP contribution in [0.25, 0.3) is 0 Å². The van der Waals surface area contributed by atoms with Crippen LogP contribution < -0.4 is 0 Å². The van der Waals surface area contributed by atoms with E-state index in [-0.39, 0.29) is 18.4 Å². The van der Waals surface area contributed by atoms with E-state index in [1.165, 1.54) is 11.1 Å². The van der Waals surface area contributed by atoms with Crippen molar-refractivity contribution in [1.29, 1.82) is 0 Å². The van der Waals surface area contributed by atoms with Gasteiger partial charge < -0.3 is 10.0 Å². The molecule has 2 atom stereocenters. The predicted octanol–water partition coefficient (Wildman–Crippen LogP) is 2.26. The predicted molar refractivity (Wildman–Crippen MR) is 97.3 cm³/mol. The van der Waals surface area contributed by atoms with Crippen molar-refractivity contribution < 1.29 is 9.90 Å². The Labute approximate surface area is 149 Å². The molecule has 3 rings (SSSR count). The summed E-state index contributed by atoms with van der Waals surface area (Å²) in [5.74, 6) is 0.235. The Hall–Kier alpha value is -2.14. The average Bonchev–Trinajstić information content (AvgIpc) is 2.87. The van der Waals surface area contributed by atoms with Crippen molar-refractivity contribution in [3.8, 4) is 0 Å². The van der Waals surface area contributed by atoms with Gasteiger partial charge in [-0.25, -0.2) is 0 Å². The Morgan fingerprint density at radius 3 is 2.72 bits per heavy atom. The summed E-state index contributed by atoms with van der Waals surface area (Å²) in [7, 11) is 0. The molecular formula is C20H27N3O2. The van der Waals surface area contributed by atoms with Gasteiger partial charge in [0.2, 0.25) is 5.91 Å². The molecule has 1 fully saturated rings. The number of aliphatic hydroxyl groups is 1. The van der Waals surface area contributed by atoms with Crippen molar-refractivity contribution in [3.05, 3.63) is 52.8 Å². The number of hydrogen-bond acceptors (Lipinski definition) is 3. The number of aryl methyl sites for hydroxylation is 3. The Bertz CT molecular complexity index is 753. The minimum atomic E-state index is -0.473. The molecule has 25 heavy (non-hydrogen) atoms. The third kappa shape index (κ3) is 4.28. The SMILES string of the molecule is Cc1cccc(C[C@H]2CCN(C(=O)Cn3nc(C)cc3C)C[C@@H]2O)c1. The van der Waals surface area contributed by atoms with E-state index in [2.05, 4.69) is 36.3 Å². The van der Waals surface area contributed by atoms with Crippen molar-refractivity contribution in [3.63, 3.8) is 0 Å². The molecular weight excluding hydrogens is 314 g/mol. The summed E-state index contributed by atoms with van der Waals surface area (Å²) in [5.41, 5.74) is 4.40. The Kier molecular flexibility index (Phi) is 5.23. The van der Waals surface area contributed by atoms with Crippen molar-refractivity contribution in [2.75, 3.05) is 13.1 Å². The third-order valence-corrected chi connectivity index (χ3v) is 5.04. The molecule has 1 aliphatic rings. The molecule has 5 nitrogen and oxygen atoms in total. The number of benzene rings is 1. The maximum atomic E-state index is 12.5. The van der Waals surface area contributed by atoms with Crippen LogP contribution in [-0.2, 0) is 17.8 Å². The lowest BCUT2D eigenvalue weighted by atomic mass is 9.87. The summed E-state index contributed by atoms with van der Waals surface area (Å²) >= 11 is 0. The fraction of sp³-hybridized carbons (Fsp3) is 0.500. The van der Waals surface area contributed by atoms with Crippen LogP contribution in [-0.4, -0.2) is 44.9 Å². The van der Waals surface area contributed by atoms with Crippen LogP contribution in [0.1, 0.15) is 28.9 Å². The molecule has 1 amide bonds. The first-order valence-corrected chi connectivity index (χ1v) is 8.95. The van der Waals surface area contributed by atoms with Gasteiger partial charge in [0.1, 0.15) is 6.54 Å². The summed E-state index contributed by atoms with van der Waals surface area (Å²) in [6, 6.07) is 10.4. The minimum absolute atomic E-state index is 0.0271. The molecule has 0 spiro atoms. The molecule has 1 aromatic carbocycles. The number of carbonyl (C=O) groups excluding carboxylic acids is 1. The second kappa shape index (κ2) is 7.40. The Balaban J connectivity index is 1.57. The van der Waals surface area contributed by atoms with E-state index >= 15 is 0 Å². The topological polar surface area (TPSA) is 58.4 Å². The van der Waals surface area contributed by atoms with Gasteiger partial charge in [0.25, 0.3) is 0 Å². The first kappa shape index (κ1) is 17.7. The summed E-state index contributed by atoms with van der Waals surface area (Å²) in [6.07, 6.45) is 1.22. The lowest BCUT2D eigenvalue weighted by molar-refractivity contribution is -0.136. The van der Waals surface area contributed by atoms with Crippen LogP contribution in [0.3, 0.4) is 0 Å². The molecule has 5 heteroatoms. The van der Waals surface area contributed by atoms with Gasteiger partial charge in [-0.15, -0.1) is 0 Å². The van der Waals surface area contributed by atoms with E-state index in [4.69, 9.17) is 0 Å². The van der Waals surface area contributed by atoms with Gasteiger partial charge in [-0.2, -0.15) is 5.10 Å². The van der Waals surface area contributed by atoms with E-state index in [1.54, 1.807) is 9.58 Å². The maximum Gasteiger partial charge on any atom is 0.244 e. The molecule has 0 saturated carbocycles. The molecule has 1 saturated heterocycles. The summed E-state index contributed by atoms with van der Waals surface area (Å²) in [5, 5.41) is 14.9. The molecule has 2 heterocycles. The number of hydrogen-bond donors (Lipinski definition) is 1. The quantitative estimate of drug-likeness (QED) is 0.928. The first-order valence-electron chi connectivity index (χ1n) is 8.95. The van der Waals surface area contributed by atoms with Crippen molar-refractivity contribution in [1.82, 2.24) is 14.7 Å². The number of rotatable bonds is 4. The number of aliphatic hydroxyl groups excluding tert-OH is 1. The Morgan fingerprint density at radius 1 is 1.28 bits per heavy atom. The van der Waals surface area contributed by atoms with Crippen LogP contribution in [0.2, 0.25) is 0 Å². The normalized spacial score (nSPS) is 20.7. The maximum absolute atomic E-state index is 12.5. The number of nitrogens with zero attached hydrogens (tertiary/aromatic N) is 3. The second-order valence-corrected chi connectivity index (χ2v) is 7.23. The standard InChI is InChI=1S/C20H27N3O2/c1-14-5-4-6-17(9-14)11-18-7-8-22(12-19(18)24)20(25)13-23-16(3)10-15(2)21-23/h4-6,9-10,18-19,24H,7-8,11-13H2,1-3H3/t18-,19+/m1/s1. The van der Waals surface area contributed by atoms with Gasteiger partial charge in [0.05, 0.1) is 11.8 Å². The molecule has 0 bridgehead atoms. The Morgan fingerprint density at radius 2 is 2.08 bits per heavy atom. The molecule has 0 radical (unpaired) electrons. The van der Waals surface area contributed by atoms with Crippen LogP contribution in [0, 0.1) is 26.7 Å². The smallest absolute Gasteiger partial charge is 0.244 e. The lowest BCUT2D eigenvalue weighted by Gasteiger charge is -2.36. The highest BCUT2D eigenvalue weighted by Crippen LogP contribution is 2.23. The van der Waals surface area contributed by atoms with Crippen LogP contribution >= 0.6 is 0 Å². The van der Waals surface area contributed by atoms with E-state index < -0.39 is 6.10 Å². The number of β-amino-alcohol motifs (C(OH)–C–C–N with tert-alkyl or cyclic N) is 1. The van der Waals surface area contributed by atoms with E-state index in [1.807, 2.05) is 19.9 Å². The first-order chi connectivity index (χ1) is 11.9. The van der Waals surface area contributed by atoms with Gasteiger partial charge in [-0.1, -0.05) is 29.8 Å². The number of aromatic nitrogens is 2. The number of likely N-dealkylation sites (tertiary alicyclic amines) is 1. The van der Waals surface area contributed by atoms with E-state index in [9.17, 15) is 9.90 Å². The summed E-state index contributed by atoms with van der Waals surface area (Å²) in [6.45, 7) is 7.32. The number of amides is 1. The van der Waals surface area contributed by atoms with Crippen molar-refractivity contribution in [2.45, 2.75) is 46.3 Å². The minimum Gasteiger partial charge on any atom is -0.391 e. The molecule has 1 aromatic heterocycles. The monoisotopic (exact) mass is 341 g/mol. The van der Waals surface area contributed by atoms with Crippen LogP contribution in [0.15, 0.2) is 30.3 Å². The fourth-order valence-corrected chi connectivity index (χ4v) is 3.65. The number of piperidine rings is 1. The summed E-state index contributed by atoms with van der Waals surface area (Å²) in [4.78, 5) is 14.3. The van der Waals surface area contributed by atoms with Crippen molar-refractivity contribution >= 4 is 5.91 Å². The molecule has 1 N–H and O–H groups in total. The van der Waals surface area contributed by atoms with Gasteiger partial charge in [-0.05, 0) is 51.2 Å². The second-order valence-electron chi connectivity index (χ2n) is 7.23. The molecule has 2 aromatic rings. The zero-order chi connectivity index (χ0) is 18.0. The van der Waals surface area contributed by atoms with E-state index in [0.717, 1.165) is 24.2 Å². The highest BCUT2D eigenvalue weighted by molar-refractivity contribution is 5.76. The van der Waals surface area contributed by atoms with E-state index in [0.29, 0.717) is 13.1 Å². The zero-order valence-corrected chi connectivity index (χ0v) is 15.3. The summed E-state index contributed by atoms with van der Waals surface area (Å²) < 4.78 is 1.74. The van der Waals surface area contributed by atoms with Gasteiger partial charge in [0, 0.05) is 18.8 Å². The van der Waals surface area contributed by atoms with Crippen LogP contribution in [0.5, 0.6) is 0 Å². The zero-order valence-electron chi connectivity index (χ0n) is 15.3. The number of carbonyl (C=O) groups is 1. The van der Waals surface area contributed by atoms with Gasteiger partial charge >= 0.3 is 0 Å². The molecule has 1 aliphatic heterocycles. The largest absolute Gasteiger partial charge is 0.391 e. The van der Waals surface area contributed by atoms with Crippen LogP contribution in [0.4, 0.5) is 0 Å². The lowest BCUT2D eigenvalue weighted by Crippen LogP contribution is -2.48.